The van der Waals surface area contributed by atoms with Crippen LogP contribution in [0.5, 0.6) is 0 Å². The summed E-state index contributed by atoms with van der Waals surface area (Å²) >= 11 is 0. The van der Waals surface area contributed by atoms with Crippen LogP contribution in [0.3, 0.4) is 0 Å². The maximum absolute atomic E-state index is 11.4. The molecule has 1 aromatic carbocycles. The molecule has 0 atom stereocenters. The summed E-state index contributed by atoms with van der Waals surface area (Å²) in [6.45, 7) is 1.98. The first-order valence-electron chi connectivity index (χ1n) is 4.94. The van der Waals surface area contributed by atoms with Gasteiger partial charge < -0.3 is 11.1 Å². The fourth-order valence-electron chi connectivity index (χ4n) is 1.21. The fourth-order valence-corrected chi connectivity index (χ4v) is 1.21. The Morgan fingerprint density at radius 1 is 1.25 bits per heavy atom. The number of carbonyl (C=O) groups excluding carboxylic acids is 2. The normalized spacial score (nSPS) is 9.81. The van der Waals surface area contributed by atoms with Crippen molar-refractivity contribution in [2.24, 2.45) is 5.73 Å². The average Bonchev–Trinajstić information content (AvgIpc) is 2.21. The van der Waals surface area contributed by atoms with Crippen molar-refractivity contribution in [1.82, 2.24) is 5.32 Å². The molecule has 5 nitrogen and oxygen atoms in total. The highest BCUT2D eigenvalue weighted by Gasteiger charge is 2.03. The van der Waals surface area contributed by atoms with Crippen LogP contribution < -0.4 is 16.4 Å². The highest BCUT2D eigenvalue weighted by Crippen LogP contribution is 2.12. The zero-order valence-electron chi connectivity index (χ0n) is 9.12. The molecule has 0 heterocycles. The van der Waals surface area contributed by atoms with E-state index in [1.165, 1.54) is 0 Å². The van der Waals surface area contributed by atoms with Gasteiger partial charge in [0.2, 0.25) is 11.8 Å². The predicted octanol–water partition coefficient (Wildman–Crippen LogP) is 0.00842. The van der Waals surface area contributed by atoms with E-state index in [0.29, 0.717) is 0 Å². The van der Waals surface area contributed by atoms with E-state index < -0.39 is 5.91 Å². The van der Waals surface area contributed by atoms with Crippen LogP contribution in [0.25, 0.3) is 0 Å². The Hall–Kier alpha value is -1.88. The first kappa shape index (κ1) is 12.2. The van der Waals surface area contributed by atoms with E-state index in [2.05, 4.69) is 10.6 Å². The number of hydrogen-bond acceptors (Lipinski definition) is 3. The molecular formula is C11H15N3O2. The molecule has 0 spiro atoms. The predicted molar refractivity (Wildman–Crippen MR) is 61.9 cm³/mol. The Kier molecular flexibility index (Phi) is 4.47. The smallest absolute Gasteiger partial charge is 0.238 e. The minimum atomic E-state index is -0.483. The van der Waals surface area contributed by atoms with Gasteiger partial charge in [-0.3, -0.25) is 14.9 Å². The van der Waals surface area contributed by atoms with Crippen molar-refractivity contribution < 1.29 is 9.59 Å². The number of primary amides is 1. The van der Waals surface area contributed by atoms with E-state index in [1.807, 2.05) is 31.2 Å². The quantitative estimate of drug-likeness (QED) is 0.654. The minimum absolute atomic E-state index is 0.00118. The number of anilines is 1. The van der Waals surface area contributed by atoms with Crippen LogP contribution >= 0.6 is 0 Å². The first-order valence-corrected chi connectivity index (χ1v) is 4.94. The van der Waals surface area contributed by atoms with Crippen LogP contribution in [-0.4, -0.2) is 24.9 Å². The fraction of sp³-hybridized carbons (Fsp3) is 0.273. The van der Waals surface area contributed by atoms with Gasteiger partial charge in [-0.25, -0.2) is 0 Å². The van der Waals surface area contributed by atoms with Crippen LogP contribution in [0.4, 0.5) is 5.69 Å². The molecule has 16 heavy (non-hydrogen) atoms. The molecule has 1 rings (SSSR count). The summed E-state index contributed by atoms with van der Waals surface area (Å²) in [5, 5.41) is 5.37. The molecule has 0 aromatic heterocycles. The monoisotopic (exact) mass is 221 g/mol. The summed E-state index contributed by atoms with van der Waals surface area (Å²) < 4.78 is 0. The highest BCUT2D eigenvalue weighted by atomic mass is 16.2. The summed E-state index contributed by atoms with van der Waals surface area (Å²) in [7, 11) is 0. The van der Waals surface area contributed by atoms with E-state index in [-0.39, 0.29) is 19.0 Å². The van der Waals surface area contributed by atoms with Gasteiger partial charge >= 0.3 is 0 Å². The zero-order chi connectivity index (χ0) is 12.0. The van der Waals surface area contributed by atoms with Crippen molar-refractivity contribution >= 4 is 17.5 Å². The van der Waals surface area contributed by atoms with Gasteiger partial charge in [-0.05, 0) is 18.6 Å². The molecule has 5 heteroatoms. The first-order chi connectivity index (χ1) is 7.59. The van der Waals surface area contributed by atoms with Crippen molar-refractivity contribution in [3.8, 4) is 0 Å². The Morgan fingerprint density at radius 3 is 2.56 bits per heavy atom. The van der Waals surface area contributed by atoms with E-state index >= 15 is 0 Å². The third-order valence-corrected chi connectivity index (χ3v) is 2.00. The molecule has 0 radical (unpaired) electrons. The van der Waals surface area contributed by atoms with Crippen molar-refractivity contribution in [3.63, 3.8) is 0 Å². The van der Waals surface area contributed by atoms with E-state index in [9.17, 15) is 9.59 Å². The molecule has 0 fully saturated rings. The number of carbonyl (C=O) groups is 2. The van der Waals surface area contributed by atoms with Crippen LogP contribution in [0.2, 0.25) is 0 Å². The summed E-state index contributed by atoms with van der Waals surface area (Å²) in [4.78, 5) is 21.8. The van der Waals surface area contributed by atoms with E-state index in [4.69, 9.17) is 5.73 Å². The molecule has 4 N–H and O–H groups in total. The summed E-state index contributed by atoms with van der Waals surface area (Å²) in [6.07, 6.45) is 0. The molecule has 0 unspecified atom stereocenters. The molecule has 1 aromatic rings. The van der Waals surface area contributed by atoms with Gasteiger partial charge in [0.1, 0.15) is 0 Å². The lowest BCUT2D eigenvalue weighted by Gasteiger charge is -2.07. The largest absolute Gasteiger partial charge is 0.369 e. The zero-order valence-corrected chi connectivity index (χ0v) is 9.12. The Morgan fingerprint density at radius 2 is 1.94 bits per heavy atom. The maximum atomic E-state index is 11.4. The van der Waals surface area contributed by atoms with Gasteiger partial charge in [0, 0.05) is 5.69 Å². The Balaban J connectivity index is 2.40. The number of benzene rings is 1. The average molecular weight is 221 g/mol. The molecule has 0 aliphatic heterocycles. The van der Waals surface area contributed by atoms with Crippen LogP contribution in [0, 0.1) is 6.92 Å². The summed E-state index contributed by atoms with van der Waals surface area (Å²) in [5.41, 5.74) is 6.69. The van der Waals surface area contributed by atoms with Crippen molar-refractivity contribution in [1.29, 1.82) is 0 Å². The van der Waals surface area contributed by atoms with Crippen LogP contribution in [0.1, 0.15) is 5.56 Å². The summed E-state index contributed by atoms with van der Waals surface area (Å²) in [5.74, 6) is -0.681. The number of para-hydroxylation sites is 1. The lowest BCUT2D eigenvalue weighted by Crippen LogP contribution is -2.34. The molecule has 0 saturated carbocycles. The van der Waals surface area contributed by atoms with Crippen molar-refractivity contribution in [3.05, 3.63) is 29.8 Å². The van der Waals surface area contributed by atoms with E-state index in [0.717, 1.165) is 11.3 Å². The molecular weight excluding hydrogens is 206 g/mol. The second-order valence-electron chi connectivity index (χ2n) is 3.43. The second-order valence-corrected chi connectivity index (χ2v) is 3.43. The lowest BCUT2D eigenvalue weighted by atomic mass is 10.2. The lowest BCUT2D eigenvalue weighted by molar-refractivity contribution is -0.117. The van der Waals surface area contributed by atoms with Gasteiger partial charge in [-0.1, -0.05) is 18.2 Å². The van der Waals surface area contributed by atoms with Crippen LogP contribution in [0.15, 0.2) is 24.3 Å². The van der Waals surface area contributed by atoms with Gasteiger partial charge in [0.05, 0.1) is 13.1 Å². The number of aryl methyl sites for hydroxylation is 1. The third-order valence-electron chi connectivity index (χ3n) is 2.00. The van der Waals surface area contributed by atoms with Crippen LogP contribution in [-0.2, 0) is 9.59 Å². The standard InChI is InChI=1S/C11H15N3O2/c1-8-4-2-3-5-9(8)14-11(16)7-13-6-10(12)15/h2-5,13H,6-7H2,1H3,(H2,12,15)(H,14,16). The number of nitrogens with one attached hydrogen (secondary N) is 2. The topological polar surface area (TPSA) is 84.2 Å². The Bertz CT molecular complexity index is 391. The Labute approximate surface area is 94.0 Å². The van der Waals surface area contributed by atoms with E-state index in [1.54, 1.807) is 0 Å². The highest BCUT2D eigenvalue weighted by molar-refractivity contribution is 5.93. The number of rotatable bonds is 5. The third kappa shape index (κ3) is 4.10. The minimum Gasteiger partial charge on any atom is -0.369 e. The van der Waals surface area contributed by atoms with Gasteiger partial charge in [-0.15, -0.1) is 0 Å². The van der Waals surface area contributed by atoms with Gasteiger partial charge in [-0.2, -0.15) is 0 Å². The SMILES string of the molecule is Cc1ccccc1NC(=O)CNCC(N)=O. The molecule has 0 bridgehead atoms. The van der Waals surface area contributed by atoms with Crippen molar-refractivity contribution in [2.75, 3.05) is 18.4 Å². The molecule has 2 amide bonds. The number of hydrogen-bond donors (Lipinski definition) is 3. The molecule has 86 valence electrons. The maximum Gasteiger partial charge on any atom is 0.238 e. The van der Waals surface area contributed by atoms with Gasteiger partial charge in [0.15, 0.2) is 0 Å². The number of amides is 2. The summed E-state index contributed by atoms with van der Waals surface area (Å²) in [6, 6.07) is 7.48. The molecule has 0 saturated heterocycles. The molecule has 0 aliphatic rings. The second kappa shape index (κ2) is 5.87. The number of nitrogens with two attached hydrogens (primary N) is 1. The van der Waals surface area contributed by atoms with Gasteiger partial charge in [0.25, 0.3) is 0 Å². The van der Waals surface area contributed by atoms with Crippen molar-refractivity contribution in [2.45, 2.75) is 6.92 Å². The molecule has 0 aliphatic carbocycles.